The number of rotatable bonds is 4. The first-order valence-corrected chi connectivity index (χ1v) is 6.21. The SMILES string of the molecule is O.O.c1cc(Nc2ccncc2)nc(Nc2ccncc2)c1. The van der Waals surface area contributed by atoms with Crippen molar-refractivity contribution in [2.75, 3.05) is 10.6 Å². The number of nitrogens with one attached hydrogen (secondary N) is 2. The highest BCUT2D eigenvalue weighted by atomic mass is 16.0. The zero-order chi connectivity index (χ0) is 13.6. The van der Waals surface area contributed by atoms with Crippen LogP contribution in [-0.2, 0) is 0 Å². The molecule has 3 aromatic heterocycles. The Bertz CT molecular complexity index is 623. The van der Waals surface area contributed by atoms with E-state index >= 15 is 0 Å². The van der Waals surface area contributed by atoms with Gasteiger partial charge in [-0.15, -0.1) is 0 Å². The third kappa shape index (κ3) is 4.51. The molecule has 0 saturated heterocycles. The van der Waals surface area contributed by atoms with Gasteiger partial charge in [-0.3, -0.25) is 9.97 Å². The van der Waals surface area contributed by atoms with Crippen molar-refractivity contribution in [2.24, 2.45) is 0 Å². The van der Waals surface area contributed by atoms with Crippen molar-refractivity contribution in [1.82, 2.24) is 15.0 Å². The third-order valence-corrected chi connectivity index (χ3v) is 2.65. The highest BCUT2D eigenvalue weighted by Gasteiger charge is 1.99. The van der Waals surface area contributed by atoms with Crippen LogP contribution >= 0.6 is 0 Å². The summed E-state index contributed by atoms with van der Waals surface area (Å²) in [5.74, 6) is 1.55. The summed E-state index contributed by atoms with van der Waals surface area (Å²) in [5.41, 5.74) is 1.90. The molecule has 0 aromatic carbocycles. The lowest BCUT2D eigenvalue weighted by Gasteiger charge is -2.08. The van der Waals surface area contributed by atoms with E-state index in [1.54, 1.807) is 24.8 Å². The van der Waals surface area contributed by atoms with Gasteiger partial charge in [-0.25, -0.2) is 4.98 Å². The molecule has 3 heterocycles. The van der Waals surface area contributed by atoms with Crippen molar-refractivity contribution in [3.8, 4) is 0 Å². The van der Waals surface area contributed by atoms with E-state index in [-0.39, 0.29) is 11.0 Å². The first-order chi connectivity index (χ1) is 9.90. The second kappa shape index (κ2) is 8.30. The minimum Gasteiger partial charge on any atom is -0.412 e. The minimum atomic E-state index is 0. The maximum Gasteiger partial charge on any atom is 0.132 e. The molecule has 0 aliphatic carbocycles. The van der Waals surface area contributed by atoms with E-state index in [0.29, 0.717) is 0 Å². The van der Waals surface area contributed by atoms with E-state index in [2.05, 4.69) is 25.6 Å². The number of nitrogens with zero attached hydrogens (tertiary/aromatic N) is 3. The van der Waals surface area contributed by atoms with E-state index in [4.69, 9.17) is 0 Å². The standard InChI is InChI=1S/C15H13N5.2H2O/c1-2-14(18-12-4-8-16-9-5-12)20-15(3-1)19-13-6-10-17-11-7-13;;/h1-11H,(H2,16,17,18,19,20);2*1H2. The van der Waals surface area contributed by atoms with Gasteiger partial charge in [-0.2, -0.15) is 0 Å². The number of aromatic nitrogens is 3. The molecule has 0 aliphatic heterocycles. The Morgan fingerprint density at radius 3 is 1.41 bits per heavy atom. The zero-order valence-electron chi connectivity index (χ0n) is 11.7. The molecule has 0 unspecified atom stereocenters. The molecule has 7 nitrogen and oxygen atoms in total. The number of hydrogen-bond acceptors (Lipinski definition) is 5. The Morgan fingerprint density at radius 1 is 0.591 bits per heavy atom. The summed E-state index contributed by atoms with van der Waals surface area (Å²) >= 11 is 0. The lowest BCUT2D eigenvalue weighted by Crippen LogP contribution is -1.97. The average Bonchev–Trinajstić information content (AvgIpc) is 2.50. The Hall–Kier alpha value is -3.03. The van der Waals surface area contributed by atoms with Gasteiger partial charge in [0.05, 0.1) is 0 Å². The summed E-state index contributed by atoms with van der Waals surface area (Å²) in [5, 5.41) is 6.45. The molecule has 0 atom stereocenters. The zero-order valence-corrected chi connectivity index (χ0v) is 11.7. The highest BCUT2D eigenvalue weighted by molar-refractivity contribution is 5.60. The molecular weight excluding hydrogens is 282 g/mol. The van der Waals surface area contributed by atoms with Gasteiger partial charge in [-0.05, 0) is 36.4 Å². The lowest BCUT2D eigenvalue weighted by molar-refractivity contribution is 0.823. The summed E-state index contributed by atoms with van der Waals surface area (Å²) in [6.07, 6.45) is 6.95. The molecular formula is C15H17N5O2. The fraction of sp³-hybridized carbons (Fsp3) is 0. The summed E-state index contributed by atoms with van der Waals surface area (Å²) in [6, 6.07) is 13.3. The molecule has 22 heavy (non-hydrogen) atoms. The Labute approximate surface area is 127 Å². The average molecular weight is 299 g/mol. The van der Waals surface area contributed by atoms with Crippen molar-refractivity contribution < 1.29 is 11.0 Å². The molecule has 3 aromatic rings. The number of anilines is 4. The molecule has 0 aliphatic rings. The molecule has 7 heteroatoms. The van der Waals surface area contributed by atoms with Crippen molar-refractivity contribution in [3.05, 3.63) is 67.3 Å². The van der Waals surface area contributed by atoms with Gasteiger partial charge in [0.15, 0.2) is 0 Å². The van der Waals surface area contributed by atoms with Gasteiger partial charge in [0.25, 0.3) is 0 Å². The van der Waals surface area contributed by atoms with Gasteiger partial charge >= 0.3 is 0 Å². The molecule has 0 amide bonds. The van der Waals surface area contributed by atoms with Crippen molar-refractivity contribution in [1.29, 1.82) is 0 Å². The summed E-state index contributed by atoms with van der Waals surface area (Å²) in [4.78, 5) is 12.5. The largest absolute Gasteiger partial charge is 0.412 e. The van der Waals surface area contributed by atoms with E-state index in [0.717, 1.165) is 23.0 Å². The number of pyridine rings is 3. The smallest absolute Gasteiger partial charge is 0.132 e. The number of hydrogen-bond donors (Lipinski definition) is 2. The molecule has 0 spiro atoms. The second-order valence-corrected chi connectivity index (χ2v) is 4.13. The quantitative estimate of drug-likeness (QED) is 0.758. The van der Waals surface area contributed by atoms with Crippen molar-refractivity contribution >= 4 is 23.0 Å². The lowest BCUT2D eigenvalue weighted by atomic mass is 10.3. The van der Waals surface area contributed by atoms with Crippen LogP contribution in [0.3, 0.4) is 0 Å². The molecule has 114 valence electrons. The molecule has 0 radical (unpaired) electrons. The van der Waals surface area contributed by atoms with Crippen molar-refractivity contribution in [3.63, 3.8) is 0 Å². The van der Waals surface area contributed by atoms with Crippen LogP contribution < -0.4 is 10.6 Å². The topological polar surface area (TPSA) is 126 Å². The van der Waals surface area contributed by atoms with E-state index < -0.39 is 0 Å². The van der Waals surface area contributed by atoms with Crippen LogP contribution in [0.15, 0.2) is 67.3 Å². The fourth-order valence-corrected chi connectivity index (χ4v) is 1.74. The minimum absolute atomic E-state index is 0. The molecule has 0 fully saturated rings. The summed E-state index contributed by atoms with van der Waals surface area (Å²) < 4.78 is 0. The second-order valence-electron chi connectivity index (χ2n) is 4.13. The van der Waals surface area contributed by atoms with Crippen LogP contribution in [0.2, 0.25) is 0 Å². The monoisotopic (exact) mass is 299 g/mol. The van der Waals surface area contributed by atoms with E-state index in [1.807, 2.05) is 42.5 Å². The van der Waals surface area contributed by atoms with Gasteiger partial charge in [0.2, 0.25) is 0 Å². The van der Waals surface area contributed by atoms with E-state index in [9.17, 15) is 0 Å². The normalized spacial score (nSPS) is 9.09. The maximum atomic E-state index is 4.50. The molecule has 6 N–H and O–H groups in total. The predicted octanol–water partition coefficient (Wildman–Crippen LogP) is 1.71. The molecule has 0 bridgehead atoms. The van der Waals surface area contributed by atoms with E-state index in [1.165, 1.54) is 0 Å². The van der Waals surface area contributed by atoms with Crippen molar-refractivity contribution in [2.45, 2.75) is 0 Å². The predicted molar refractivity (Wildman–Crippen MR) is 86.5 cm³/mol. The van der Waals surface area contributed by atoms with Gasteiger partial charge in [0, 0.05) is 36.2 Å². The van der Waals surface area contributed by atoms with Gasteiger partial charge in [-0.1, -0.05) is 6.07 Å². The van der Waals surface area contributed by atoms with Gasteiger partial charge < -0.3 is 21.6 Å². The third-order valence-electron chi connectivity index (χ3n) is 2.65. The van der Waals surface area contributed by atoms with Gasteiger partial charge in [0.1, 0.15) is 11.6 Å². The fourth-order valence-electron chi connectivity index (χ4n) is 1.74. The Morgan fingerprint density at radius 2 is 1.00 bits per heavy atom. The van der Waals surface area contributed by atoms with Crippen LogP contribution in [-0.4, -0.2) is 25.9 Å². The van der Waals surface area contributed by atoms with Crippen LogP contribution in [0, 0.1) is 0 Å². The first kappa shape index (κ1) is 17.0. The first-order valence-electron chi connectivity index (χ1n) is 6.21. The molecule has 3 rings (SSSR count). The van der Waals surface area contributed by atoms with Crippen LogP contribution in [0.1, 0.15) is 0 Å². The highest BCUT2D eigenvalue weighted by Crippen LogP contribution is 2.18. The Balaban J connectivity index is 0.00000121. The van der Waals surface area contributed by atoms with Crippen LogP contribution in [0.25, 0.3) is 0 Å². The molecule has 0 saturated carbocycles. The maximum absolute atomic E-state index is 4.50. The van der Waals surface area contributed by atoms with Crippen LogP contribution in [0.4, 0.5) is 23.0 Å². The van der Waals surface area contributed by atoms with Crippen LogP contribution in [0.5, 0.6) is 0 Å². The summed E-state index contributed by atoms with van der Waals surface area (Å²) in [7, 11) is 0. The Kier molecular flexibility index (Phi) is 6.42. The summed E-state index contributed by atoms with van der Waals surface area (Å²) in [6.45, 7) is 0.